The Morgan fingerprint density at radius 2 is 1.91 bits per heavy atom. The van der Waals surface area contributed by atoms with Crippen LogP contribution >= 0.6 is 22.9 Å². The van der Waals surface area contributed by atoms with Crippen LogP contribution in [0.2, 0.25) is 5.02 Å². The van der Waals surface area contributed by atoms with Gasteiger partial charge in [0, 0.05) is 36.1 Å². The molecule has 164 valence electrons. The second-order valence-corrected chi connectivity index (χ2v) is 9.52. The maximum Gasteiger partial charge on any atom is 0.223 e. The molecular formula is C24H24ClN5OS. The second kappa shape index (κ2) is 8.92. The lowest BCUT2D eigenvalue weighted by Crippen LogP contribution is -2.40. The van der Waals surface area contributed by atoms with Gasteiger partial charge in [-0.05, 0) is 31.4 Å². The van der Waals surface area contributed by atoms with E-state index in [0.717, 1.165) is 52.8 Å². The highest BCUT2D eigenvalue weighted by atomic mass is 35.5. The Bertz CT molecular complexity index is 1210. The molecule has 0 atom stereocenters. The van der Waals surface area contributed by atoms with Crippen molar-refractivity contribution >= 4 is 38.9 Å². The van der Waals surface area contributed by atoms with Gasteiger partial charge in [-0.1, -0.05) is 71.0 Å². The number of carbonyl (C=O) groups is 1. The summed E-state index contributed by atoms with van der Waals surface area (Å²) in [5, 5.41) is 9.42. The highest BCUT2D eigenvalue weighted by Gasteiger charge is 2.27. The van der Waals surface area contributed by atoms with Gasteiger partial charge >= 0.3 is 0 Å². The van der Waals surface area contributed by atoms with Crippen molar-refractivity contribution in [2.45, 2.75) is 26.3 Å². The molecule has 1 aliphatic heterocycles. The molecule has 6 nitrogen and oxygen atoms in total. The molecule has 8 heteroatoms. The molecule has 4 aromatic rings. The van der Waals surface area contributed by atoms with Gasteiger partial charge in [-0.25, -0.2) is 9.50 Å². The van der Waals surface area contributed by atoms with Crippen LogP contribution in [0, 0.1) is 12.8 Å². The van der Waals surface area contributed by atoms with E-state index in [1.165, 1.54) is 5.56 Å². The predicted octanol–water partition coefficient (Wildman–Crippen LogP) is 4.95. The number of hydrogen-bond donors (Lipinski definition) is 1. The number of hydrogen-bond acceptors (Lipinski definition) is 5. The zero-order valence-electron chi connectivity index (χ0n) is 17.8. The summed E-state index contributed by atoms with van der Waals surface area (Å²) in [5.41, 5.74) is 4.20. The monoisotopic (exact) mass is 465 g/mol. The number of aromatic nitrogens is 3. The number of benzene rings is 2. The summed E-state index contributed by atoms with van der Waals surface area (Å²) < 4.78 is 1.86. The molecule has 1 amide bonds. The van der Waals surface area contributed by atoms with E-state index >= 15 is 0 Å². The minimum absolute atomic E-state index is 0.0194. The van der Waals surface area contributed by atoms with Gasteiger partial charge in [0.05, 0.1) is 11.9 Å². The molecule has 0 saturated carbocycles. The van der Waals surface area contributed by atoms with Gasteiger partial charge in [0.25, 0.3) is 0 Å². The summed E-state index contributed by atoms with van der Waals surface area (Å²) >= 11 is 7.78. The molecule has 2 aromatic heterocycles. The van der Waals surface area contributed by atoms with Gasteiger partial charge in [0.1, 0.15) is 0 Å². The summed E-state index contributed by atoms with van der Waals surface area (Å²) in [4.78, 5) is 20.5. The van der Waals surface area contributed by atoms with Gasteiger partial charge in [-0.15, -0.1) is 5.10 Å². The number of rotatable bonds is 5. The number of amides is 1. The fraction of sp³-hybridized carbons (Fsp3) is 0.292. The van der Waals surface area contributed by atoms with E-state index in [0.29, 0.717) is 11.6 Å². The topological polar surface area (TPSA) is 62.5 Å². The average Bonchev–Trinajstić information content (AvgIpc) is 3.39. The van der Waals surface area contributed by atoms with E-state index in [4.69, 9.17) is 21.7 Å². The zero-order valence-corrected chi connectivity index (χ0v) is 19.4. The molecule has 0 unspecified atom stereocenters. The van der Waals surface area contributed by atoms with Crippen molar-refractivity contribution in [1.29, 1.82) is 0 Å². The molecule has 3 heterocycles. The molecule has 0 spiro atoms. The first kappa shape index (κ1) is 21.0. The first-order valence-corrected chi connectivity index (χ1v) is 12.0. The van der Waals surface area contributed by atoms with Crippen LogP contribution in [0.5, 0.6) is 0 Å². The molecule has 1 fully saturated rings. The van der Waals surface area contributed by atoms with Crippen molar-refractivity contribution in [1.82, 2.24) is 19.9 Å². The van der Waals surface area contributed by atoms with E-state index in [-0.39, 0.29) is 11.8 Å². The smallest absolute Gasteiger partial charge is 0.223 e. The third-order valence-corrected chi connectivity index (χ3v) is 7.28. The Balaban J connectivity index is 1.18. The van der Waals surface area contributed by atoms with E-state index in [1.54, 1.807) is 11.3 Å². The second-order valence-electron chi connectivity index (χ2n) is 8.17. The number of carbonyl (C=O) groups excluding carboxylic acids is 1. The Morgan fingerprint density at radius 3 is 2.62 bits per heavy atom. The molecule has 1 saturated heterocycles. The lowest BCUT2D eigenvalue weighted by atomic mass is 9.96. The zero-order chi connectivity index (χ0) is 22.1. The normalized spacial score (nSPS) is 14.8. The number of piperidine rings is 1. The van der Waals surface area contributed by atoms with Gasteiger partial charge in [0.15, 0.2) is 0 Å². The van der Waals surface area contributed by atoms with Gasteiger partial charge in [-0.3, -0.25) is 4.79 Å². The minimum atomic E-state index is 0.0194. The highest BCUT2D eigenvalue weighted by molar-refractivity contribution is 7.20. The van der Waals surface area contributed by atoms with Gasteiger partial charge < -0.3 is 10.2 Å². The van der Waals surface area contributed by atoms with Crippen molar-refractivity contribution in [2.24, 2.45) is 5.92 Å². The first-order chi connectivity index (χ1) is 15.6. The van der Waals surface area contributed by atoms with Gasteiger partial charge in [0.2, 0.25) is 16.0 Å². The third-order valence-electron chi connectivity index (χ3n) is 5.93. The number of aryl methyl sites for hydroxylation is 1. The maximum atomic E-state index is 12.6. The molecule has 0 radical (unpaired) electrons. The van der Waals surface area contributed by atoms with Crippen LogP contribution < -0.4 is 10.2 Å². The molecular weight excluding hydrogens is 442 g/mol. The molecule has 2 aromatic carbocycles. The Kier molecular flexibility index (Phi) is 5.85. The van der Waals surface area contributed by atoms with Gasteiger partial charge in [-0.2, -0.15) is 0 Å². The average molecular weight is 466 g/mol. The van der Waals surface area contributed by atoms with Crippen LogP contribution in [0.4, 0.5) is 5.13 Å². The molecule has 0 aliphatic carbocycles. The van der Waals surface area contributed by atoms with Crippen molar-refractivity contribution in [3.05, 3.63) is 70.9 Å². The van der Waals surface area contributed by atoms with Crippen LogP contribution in [0.25, 0.3) is 16.2 Å². The quantitative estimate of drug-likeness (QED) is 0.453. The largest absolute Gasteiger partial charge is 0.352 e. The number of imidazole rings is 1. The first-order valence-electron chi connectivity index (χ1n) is 10.8. The van der Waals surface area contributed by atoms with Crippen molar-refractivity contribution < 1.29 is 4.79 Å². The van der Waals surface area contributed by atoms with Crippen LogP contribution in [0.1, 0.15) is 24.0 Å². The molecule has 1 N–H and O–H groups in total. The molecule has 1 aliphatic rings. The van der Waals surface area contributed by atoms with Crippen molar-refractivity contribution in [3.8, 4) is 11.3 Å². The van der Waals surface area contributed by atoms with Crippen LogP contribution in [-0.4, -0.2) is 33.6 Å². The number of nitrogens with zero attached hydrogens (tertiary/aromatic N) is 4. The van der Waals surface area contributed by atoms with E-state index in [1.807, 2.05) is 35.0 Å². The maximum absolute atomic E-state index is 12.6. The summed E-state index contributed by atoms with van der Waals surface area (Å²) in [5.74, 6) is 0.118. The van der Waals surface area contributed by atoms with E-state index in [9.17, 15) is 4.79 Å². The van der Waals surface area contributed by atoms with Crippen molar-refractivity contribution in [2.75, 3.05) is 18.0 Å². The number of nitrogens with one attached hydrogen (secondary N) is 1. The third kappa shape index (κ3) is 4.36. The minimum Gasteiger partial charge on any atom is -0.352 e. The van der Waals surface area contributed by atoms with E-state index in [2.05, 4.69) is 41.4 Å². The van der Waals surface area contributed by atoms with Crippen LogP contribution in [-0.2, 0) is 11.3 Å². The fourth-order valence-corrected chi connectivity index (χ4v) is 5.12. The summed E-state index contributed by atoms with van der Waals surface area (Å²) in [7, 11) is 0. The van der Waals surface area contributed by atoms with E-state index < -0.39 is 0 Å². The lowest BCUT2D eigenvalue weighted by Gasteiger charge is -2.30. The van der Waals surface area contributed by atoms with Crippen LogP contribution in [0.15, 0.2) is 54.7 Å². The number of halogens is 1. The Morgan fingerprint density at radius 1 is 1.16 bits per heavy atom. The molecule has 0 bridgehead atoms. The fourth-order valence-electron chi connectivity index (χ4n) is 3.98. The Labute approximate surface area is 195 Å². The Hall–Kier alpha value is -2.90. The number of fused-ring (bicyclic) bond motifs is 1. The van der Waals surface area contributed by atoms with Crippen molar-refractivity contribution in [3.63, 3.8) is 0 Å². The lowest BCUT2D eigenvalue weighted by molar-refractivity contribution is -0.125. The highest BCUT2D eigenvalue weighted by Crippen LogP contribution is 2.30. The predicted molar refractivity (Wildman–Crippen MR) is 129 cm³/mol. The number of anilines is 1. The standard InChI is InChI=1S/C24H24ClN5OS/c1-16-6-8-17(9-7-16)21-15-30-23(27-21)32-24(28-30)29-12-10-18(11-13-29)22(31)26-14-19-4-2-3-5-20(19)25/h2-9,15,18H,10-14H2,1H3,(H,26,31). The summed E-state index contributed by atoms with van der Waals surface area (Å²) in [6, 6.07) is 16.0. The molecule has 5 rings (SSSR count). The summed E-state index contributed by atoms with van der Waals surface area (Å²) in [6.07, 6.45) is 3.60. The summed E-state index contributed by atoms with van der Waals surface area (Å²) in [6.45, 7) is 4.16. The SMILES string of the molecule is Cc1ccc(-c2cn3nc(N4CCC(C(=O)NCc5ccccc5Cl)CC4)sc3n2)cc1. The van der Waals surface area contributed by atoms with Crippen LogP contribution in [0.3, 0.4) is 0 Å². The molecule has 32 heavy (non-hydrogen) atoms.